The zero-order chi connectivity index (χ0) is 13.3. The lowest BCUT2D eigenvalue weighted by Gasteiger charge is -2.11. The van der Waals surface area contributed by atoms with E-state index in [1.54, 1.807) is 11.8 Å². The van der Waals surface area contributed by atoms with Crippen LogP contribution in [0.1, 0.15) is 12.8 Å². The number of nitrogens with two attached hydrogens (primary N) is 1. The van der Waals surface area contributed by atoms with E-state index >= 15 is 0 Å². The Morgan fingerprint density at radius 2 is 2.06 bits per heavy atom. The van der Waals surface area contributed by atoms with E-state index in [4.69, 9.17) is 5.73 Å². The summed E-state index contributed by atoms with van der Waals surface area (Å²) in [5.74, 6) is 0.669. The Morgan fingerprint density at radius 3 is 2.59 bits per heavy atom. The molecule has 6 nitrogen and oxygen atoms in total. The Hall–Kier alpha value is -0.310. The molecule has 0 saturated carbocycles. The number of thioether (sulfide) groups is 1. The Morgan fingerprint density at radius 1 is 1.41 bits per heavy atom. The van der Waals surface area contributed by atoms with Crippen LogP contribution in [0.25, 0.3) is 0 Å². The first-order valence-corrected chi connectivity index (χ1v) is 8.62. The highest BCUT2D eigenvalue weighted by Gasteiger charge is 2.11. The smallest absolute Gasteiger partial charge is 0.236 e. The maximum Gasteiger partial charge on any atom is 0.236 e. The van der Waals surface area contributed by atoms with Gasteiger partial charge in [-0.15, -0.1) is 0 Å². The Bertz CT molecular complexity index is 319. The molecule has 0 rings (SSSR count). The molecule has 4 N–H and O–H groups in total. The molecule has 8 heteroatoms. The van der Waals surface area contributed by atoms with Gasteiger partial charge >= 0.3 is 0 Å². The molecule has 102 valence electrons. The first-order valence-electron chi connectivity index (χ1n) is 5.33. The summed E-state index contributed by atoms with van der Waals surface area (Å²) >= 11 is 1.65. The lowest BCUT2D eigenvalue weighted by molar-refractivity contribution is -0.122. The largest absolute Gasteiger partial charge is 0.355 e. The van der Waals surface area contributed by atoms with Gasteiger partial charge in [-0.05, 0) is 24.9 Å². The number of carbonyl (C=O) groups excluding carboxylic acids is 1. The molecule has 0 radical (unpaired) electrons. The number of hydrogen-bond acceptors (Lipinski definition) is 5. The number of carbonyl (C=O) groups is 1. The third-order valence-corrected chi connectivity index (χ3v) is 3.36. The van der Waals surface area contributed by atoms with Crippen molar-refractivity contribution in [1.82, 2.24) is 10.0 Å². The fraction of sp³-hybridized carbons (Fsp3) is 0.889. The topological polar surface area (TPSA) is 101 Å². The first kappa shape index (κ1) is 16.7. The van der Waals surface area contributed by atoms with E-state index in [1.165, 1.54) is 0 Å². The maximum absolute atomic E-state index is 11.4. The van der Waals surface area contributed by atoms with Gasteiger partial charge < -0.3 is 11.1 Å². The van der Waals surface area contributed by atoms with Gasteiger partial charge in [0.25, 0.3) is 0 Å². The van der Waals surface area contributed by atoms with E-state index in [-0.39, 0.29) is 5.91 Å². The first-order chi connectivity index (χ1) is 7.87. The third-order valence-electron chi connectivity index (χ3n) is 1.99. The van der Waals surface area contributed by atoms with Crippen LogP contribution in [0.5, 0.6) is 0 Å². The molecule has 0 aromatic rings. The van der Waals surface area contributed by atoms with E-state index in [0.717, 1.165) is 12.0 Å². The van der Waals surface area contributed by atoms with Crippen LogP contribution in [0.2, 0.25) is 0 Å². The summed E-state index contributed by atoms with van der Waals surface area (Å²) in [6.07, 6.45) is 4.26. The van der Waals surface area contributed by atoms with Crippen LogP contribution in [0.3, 0.4) is 0 Å². The van der Waals surface area contributed by atoms with Crippen LogP contribution in [0.4, 0.5) is 0 Å². The molecule has 0 spiro atoms. The van der Waals surface area contributed by atoms with Crippen molar-refractivity contribution in [1.29, 1.82) is 0 Å². The van der Waals surface area contributed by atoms with Gasteiger partial charge in [0.15, 0.2) is 0 Å². The van der Waals surface area contributed by atoms with Gasteiger partial charge in [-0.1, -0.05) is 0 Å². The Labute approximate surface area is 107 Å². The second kappa shape index (κ2) is 8.73. The summed E-state index contributed by atoms with van der Waals surface area (Å²) in [5, 5.41) is 2.67. The standard InChI is InChI=1S/C9H21N3O3S2/c1-16-7-4-8(10)9(13)11-5-3-6-12-17(2,14)15/h8,12H,3-7,10H2,1-2H3,(H,11,13)/t8-/m0/s1. The minimum absolute atomic E-state index is 0.182. The molecule has 0 aliphatic rings. The Balaban J connectivity index is 3.57. The van der Waals surface area contributed by atoms with E-state index in [0.29, 0.717) is 25.9 Å². The van der Waals surface area contributed by atoms with Crippen molar-refractivity contribution in [2.24, 2.45) is 5.73 Å². The van der Waals surface area contributed by atoms with Crippen molar-refractivity contribution >= 4 is 27.7 Å². The van der Waals surface area contributed by atoms with E-state index in [9.17, 15) is 13.2 Å². The highest BCUT2D eigenvalue weighted by Crippen LogP contribution is 1.98. The molecular weight excluding hydrogens is 262 g/mol. The van der Waals surface area contributed by atoms with Crippen molar-refractivity contribution in [3.05, 3.63) is 0 Å². The van der Waals surface area contributed by atoms with Gasteiger partial charge in [0.2, 0.25) is 15.9 Å². The quantitative estimate of drug-likeness (QED) is 0.477. The highest BCUT2D eigenvalue weighted by atomic mass is 32.2. The predicted octanol–water partition coefficient (Wildman–Crippen LogP) is -0.878. The molecule has 1 atom stereocenters. The predicted molar refractivity (Wildman–Crippen MR) is 71.4 cm³/mol. The summed E-state index contributed by atoms with van der Waals surface area (Å²) in [7, 11) is -3.14. The van der Waals surface area contributed by atoms with Gasteiger partial charge in [0, 0.05) is 13.1 Å². The fourth-order valence-corrected chi connectivity index (χ4v) is 2.07. The van der Waals surface area contributed by atoms with E-state index in [2.05, 4.69) is 10.0 Å². The van der Waals surface area contributed by atoms with Crippen LogP contribution < -0.4 is 15.8 Å². The molecule has 0 heterocycles. The van der Waals surface area contributed by atoms with E-state index < -0.39 is 16.1 Å². The summed E-state index contributed by atoms with van der Waals surface area (Å²) in [4.78, 5) is 11.4. The van der Waals surface area contributed by atoms with Gasteiger partial charge in [0.1, 0.15) is 0 Å². The van der Waals surface area contributed by atoms with Crippen molar-refractivity contribution < 1.29 is 13.2 Å². The number of sulfonamides is 1. The van der Waals surface area contributed by atoms with Gasteiger partial charge in [-0.25, -0.2) is 13.1 Å². The molecular formula is C9H21N3O3S2. The Kier molecular flexibility index (Phi) is 8.57. The molecule has 0 aliphatic carbocycles. The number of rotatable bonds is 9. The van der Waals surface area contributed by atoms with Crippen molar-refractivity contribution in [3.8, 4) is 0 Å². The lowest BCUT2D eigenvalue weighted by atomic mass is 10.2. The molecule has 0 unspecified atom stereocenters. The van der Waals surface area contributed by atoms with Crippen LogP contribution in [0.15, 0.2) is 0 Å². The van der Waals surface area contributed by atoms with Crippen LogP contribution in [-0.2, 0) is 14.8 Å². The van der Waals surface area contributed by atoms with Crippen LogP contribution in [-0.4, -0.2) is 51.7 Å². The molecule has 0 saturated heterocycles. The number of amides is 1. The molecule has 0 fully saturated rings. The average Bonchev–Trinajstić information content (AvgIpc) is 2.23. The molecule has 0 aromatic carbocycles. The summed E-state index contributed by atoms with van der Waals surface area (Å²) in [6, 6.07) is -0.481. The maximum atomic E-state index is 11.4. The van der Waals surface area contributed by atoms with Crippen LogP contribution >= 0.6 is 11.8 Å². The van der Waals surface area contributed by atoms with Crippen LogP contribution in [0, 0.1) is 0 Å². The molecule has 0 aromatic heterocycles. The second-order valence-corrected chi connectivity index (χ2v) is 6.52. The van der Waals surface area contributed by atoms with Gasteiger partial charge in [-0.2, -0.15) is 11.8 Å². The van der Waals surface area contributed by atoms with Gasteiger partial charge in [0.05, 0.1) is 12.3 Å². The lowest BCUT2D eigenvalue weighted by Crippen LogP contribution is -2.41. The molecule has 1 amide bonds. The normalized spacial score (nSPS) is 13.4. The zero-order valence-corrected chi connectivity index (χ0v) is 11.9. The third kappa shape index (κ3) is 10.6. The fourth-order valence-electron chi connectivity index (χ4n) is 1.06. The van der Waals surface area contributed by atoms with Gasteiger partial charge in [-0.3, -0.25) is 4.79 Å². The summed E-state index contributed by atoms with van der Waals surface area (Å²) in [6.45, 7) is 0.744. The molecule has 0 bridgehead atoms. The van der Waals surface area contributed by atoms with Crippen molar-refractivity contribution in [2.75, 3.05) is 31.4 Å². The van der Waals surface area contributed by atoms with E-state index in [1.807, 2.05) is 6.26 Å². The summed E-state index contributed by atoms with van der Waals surface area (Å²) in [5.41, 5.74) is 5.65. The minimum Gasteiger partial charge on any atom is -0.355 e. The van der Waals surface area contributed by atoms with Crippen molar-refractivity contribution in [2.45, 2.75) is 18.9 Å². The number of hydrogen-bond donors (Lipinski definition) is 3. The minimum atomic E-state index is -3.14. The highest BCUT2D eigenvalue weighted by molar-refractivity contribution is 7.98. The molecule has 0 aliphatic heterocycles. The average molecular weight is 283 g/mol. The second-order valence-electron chi connectivity index (χ2n) is 3.70. The summed E-state index contributed by atoms with van der Waals surface area (Å²) < 4.78 is 23.8. The molecule has 17 heavy (non-hydrogen) atoms. The number of nitrogens with one attached hydrogen (secondary N) is 2. The SMILES string of the molecule is CSCC[C@H](N)C(=O)NCCCNS(C)(=O)=O. The zero-order valence-electron chi connectivity index (χ0n) is 10.2. The van der Waals surface area contributed by atoms with Crippen molar-refractivity contribution in [3.63, 3.8) is 0 Å². The monoisotopic (exact) mass is 283 g/mol.